The zero-order chi connectivity index (χ0) is 11.5. The number of fused-ring (bicyclic) bond motifs is 1. The molecule has 3 rings (SSSR count). The molecule has 0 bridgehead atoms. The predicted octanol–water partition coefficient (Wildman–Crippen LogP) is 4.38. The van der Waals surface area contributed by atoms with Crippen LogP contribution in [0, 0.1) is 5.92 Å². The van der Waals surface area contributed by atoms with Gasteiger partial charge in [-0.1, -0.05) is 50.3 Å². The predicted molar refractivity (Wildman–Crippen MR) is 73.4 cm³/mol. The van der Waals surface area contributed by atoms with E-state index in [2.05, 4.69) is 29.6 Å². The van der Waals surface area contributed by atoms with Crippen molar-refractivity contribution >= 4 is 5.69 Å². The maximum Gasteiger partial charge on any atom is 0.0375 e. The molecule has 1 aliphatic carbocycles. The van der Waals surface area contributed by atoms with Crippen LogP contribution in [0.15, 0.2) is 24.3 Å². The third-order valence-corrected chi connectivity index (χ3v) is 4.49. The van der Waals surface area contributed by atoms with E-state index in [1.165, 1.54) is 62.6 Å². The van der Waals surface area contributed by atoms with E-state index < -0.39 is 0 Å². The fraction of sp³-hybridized carbons (Fsp3) is 0.625. The Balaban J connectivity index is 1.48. The highest BCUT2D eigenvalue weighted by molar-refractivity contribution is 5.56. The summed E-state index contributed by atoms with van der Waals surface area (Å²) in [5, 5.41) is 3.67. The summed E-state index contributed by atoms with van der Waals surface area (Å²) in [5.41, 5.74) is 2.89. The van der Waals surface area contributed by atoms with E-state index >= 15 is 0 Å². The van der Waals surface area contributed by atoms with Gasteiger partial charge < -0.3 is 5.32 Å². The van der Waals surface area contributed by atoms with Crippen LogP contribution >= 0.6 is 0 Å². The van der Waals surface area contributed by atoms with Gasteiger partial charge in [-0.15, -0.1) is 0 Å². The van der Waals surface area contributed by atoms with Crippen molar-refractivity contribution in [3.05, 3.63) is 29.8 Å². The van der Waals surface area contributed by atoms with Gasteiger partial charge in [0, 0.05) is 11.7 Å². The third kappa shape index (κ3) is 2.65. The molecule has 1 atom stereocenters. The summed E-state index contributed by atoms with van der Waals surface area (Å²) in [5.74, 6) is 1.02. The quantitative estimate of drug-likeness (QED) is 0.811. The molecule has 0 amide bonds. The van der Waals surface area contributed by atoms with E-state index in [1.54, 1.807) is 0 Å². The maximum atomic E-state index is 3.67. The van der Waals surface area contributed by atoms with Gasteiger partial charge in [-0.25, -0.2) is 0 Å². The SMILES string of the molecule is c1ccc2c(c1)CC(CCC1CCCCC1)N2. The molecule has 0 radical (unpaired) electrons. The molecule has 1 N–H and O–H groups in total. The Labute approximate surface area is 105 Å². The molecule has 1 aromatic rings. The highest BCUT2D eigenvalue weighted by atomic mass is 14.9. The number of benzene rings is 1. The summed E-state index contributed by atoms with van der Waals surface area (Å²) < 4.78 is 0. The summed E-state index contributed by atoms with van der Waals surface area (Å²) in [4.78, 5) is 0. The standard InChI is InChI=1S/C16H23N/c1-2-6-13(7-3-1)10-11-15-12-14-8-4-5-9-16(14)17-15/h4-5,8-9,13,15,17H,1-3,6-7,10-12H2. The molecule has 1 nitrogen and oxygen atoms in total. The van der Waals surface area contributed by atoms with Crippen molar-refractivity contribution in [2.75, 3.05) is 5.32 Å². The molecule has 1 saturated carbocycles. The van der Waals surface area contributed by atoms with E-state index in [1.807, 2.05) is 0 Å². The molecule has 0 spiro atoms. The lowest BCUT2D eigenvalue weighted by Gasteiger charge is -2.23. The summed E-state index contributed by atoms with van der Waals surface area (Å²) >= 11 is 0. The van der Waals surface area contributed by atoms with E-state index in [-0.39, 0.29) is 0 Å². The molecule has 1 aliphatic heterocycles. The van der Waals surface area contributed by atoms with Crippen molar-refractivity contribution in [2.24, 2.45) is 5.92 Å². The van der Waals surface area contributed by atoms with Crippen LogP contribution in [-0.4, -0.2) is 6.04 Å². The van der Waals surface area contributed by atoms with Crippen LogP contribution in [-0.2, 0) is 6.42 Å². The summed E-state index contributed by atoms with van der Waals surface area (Å²) in [7, 11) is 0. The average Bonchev–Trinajstić information content (AvgIpc) is 2.80. The fourth-order valence-electron chi connectivity index (χ4n) is 3.46. The van der Waals surface area contributed by atoms with Crippen LogP contribution < -0.4 is 5.32 Å². The number of hydrogen-bond acceptors (Lipinski definition) is 1. The second-order valence-electron chi connectivity index (χ2n) is 5.78. The van der Waals surface area contributed by atoms with Crippen LogP contribution in [0.4, 0.5) is 5.69 Å². The van der Waals surface area contributed by atoms with Gasteiger partial charge in [0.15, 0.2) is 0 Å². The lowest BCUT2D eigenvalue weighted by atomic mass is 9.85. The number of rotatable bonds is 3. The monoisotopic (exact) mass is 229 g/mol. The molecule has 1 heterocycles. The molecule has 17 heavy (non-hydrogen) atoms. The topological polar surface area (TPSA) is 12.0 Å². The van der Waals surface area contributed by atoms with Crippen LogP contribution in [0.25, 0.3) is 0 Å². The van der Waals surface area contributed by atoms with Crippen molar-refractivity contribution in [3.63, 3.8) is 0 Å². The minimum atomic E-state index is 0.703. The van der Waals surface area contributed by atoms with Crippen molar-refractivity contribution in [1.29, 1.82) is 0 Å². The van der Waals surface area contributed by atoms with Crippen LogP contribution in [0.5, 0.6) is 0 Å². The van der Waals surface area contributed by atoms with Gasteiger partial charge in [0.25, 0.3) is 0 Å². The van der Waals surface area contributed by atoms with Crippen molar-refractivity contribution in [3.8, 4) is 0 Å². The zero-order valence-electron chi connectivity index (χ0n) is 10.6. The van der Waals surface area contributed by atoms with Crippen molar-refractivity contribution < 1.29 is 0 Å². The molecule has 1 heteroatoms. The number of para-hydroxylation sites is 1. The Morgan fingerprint density at radius 3 is 2.65 bits per heavy atom. The van der Waals surface area contributed by atoms with Gasteiger partial charge in [0.1, 0.15) is 0 Å². The molecular weight excluding hydrogens is 206 g/mol. The smallest absolute Gasteiger partial charge is 0.0375 e. The second kappa shape index (κ2) is 5.12. The minimum absolute atomic E-state index is 0.703. The third-order valence-electron chi connectivity index (χ3n) is 4.49. The van der Waals surface area contributed by atoms with Crippen LogP contribution in [0.3, 0.4) is 0 Å². The van der Waals surface area contributed by atoms with Gasteiger partial charge in [-0.2, -0.15) is 0 Å². The van der Waals surface area contributed by atoms with E-state index in [0.717, 1.165) is 5.92 Å². The van der Waals surface area contributed by atoms with Gasteiger partial charge in [-0.3, -0.25) is 0 Å². The molecule has 2 aliphatic rings. The molecule has 1 unspecified atom stereocenters. The Hall–Kier alpha value is -0.980. The molecule has 0 aromatic heterocycles. The largest absolute Gasteiger partial charge is 0.382 e. The van der Waals surface area contributed by atoms with E-state index in [4.69, 9.17) is 0 Å². The van der Waals surface area contributed by atoms with Gasteiger partial charge in [-0.05, 0) is 36.8 Å². The van der Waals surface area contributed by atoms with Crippen LogP contribution in [0.2, 0.25) is 0 Å². The average molecular weight is 229 g/mol. The number of anilines is 1. The first kappa shape index (κ1) is 11.1. The van der Waals surface area contributed by atoms with Crippen LogP contribution in [0.1, 0.15) is 50.5 Å². The lowest BCUT2D eigenvalue weighted by Crippen LogP contribution is -2.17. The van der Waals surface area contributed by atoms with Crippen molar-refractivity contribution in [1.82, 2.24) is 0 Å². The van der Waals surface area contributed by atoms with Crippen molar-refractivity contribution in [2.45, 2.75) is 57.4 Å². The minimum Gasteiger partial charge on any atom is -0.382 e. The molecule has 1 fully saturated rings. The maximum absolute atomic E-state index is 3.67. The van der Waals surface area contributed by atoms with E-state index in [9.17, 15) is 0 Å². The van der Waals surface area contributed by atoms with Gasteiger partial charge in [0.2, 0.25) is 0 Å². The second-order valence-corrected chi connectivity index (χ2v) is 5.78. The highest BCUT2D eigenvalue weighted by Crippen LogP contribution is 2.31. The Bertz CT molecular complexity index is 341. The van der Waals surface area contributed by atoms with Gasteiger partial charge >= 0.3 is 0 Å². The normalized spacial score (nSPS) is 24.4. The molecule has 1 aromatic carbocycles. The molecule has 0 saturated heterocycles. The highest BCUT2D eigenvalue weighted by Gasteiger charge is 2.21. The van der Waals surface area contributed by atoms with Gasteiger partial charge in [0.05, 0.1) is 0 Å². The first-order valence-electron chi connectivity index (χ1n) is 7.26. The first-order chi connectivity index (χ1) is 8.42. The number of hydrogen-bond donors (Lipinski definition) is 1. The first-order valence-corrected chi connectivity index (χ1v) is 7.26. The Morgan fingerprint density at radius 1 is 1.00 bits per heavy atom. The summed E-state index contributed by atoms with van der Waals surface area (Å²) in [6.07, 6.45) is 11.4. The van der Waals surface area contributed by atoms with E-state index in [0.29, 0.717) is 6.04 Å². The molecular formula is C16H23N. The fourth-order valence-corrected chi connectivity index (χ4v) is 3.46. The summed E-state index contributed by atoms with van der Waals surface area (Å²) in [6.45, 7) is 0. The number of nitrogens with one attached hydrogen (secondary N) is 1. The lowest BCUT2D eigenvalue weighted by molar-refractivity contribution is 0.326. The Morgan fingerprint density at radius 2 is 1.82 bits per heavy atom. The summed E-state index contributed by atoms with van der Waals surface area (Å²) in [6, 6.07) is 9.48. The molecule has 92 valence electrons. The Kier molecular flexibility index (Phi) is 3.35. The zero-order valence-corrected chi connectivity index (χ0v) is 10.6.